The highest BCUT2D eigenvalue weighted by molar-refractivity contribution is 6.32. The second kappa shape index (κ2) is 11.0. The number of aromatic nitrogens is 1. The van der Waals surface area contributed by atoms with Crippen LogP contribution in [-0.2, 0) is 4.79 Å². The van der Waals surface area contributed by atoms with E-state index in [4.69, 9.17) is 22.1 Å². The van der Waals surface area contributed by atoms with Gasteiger partial charge in [-0.25, -0.2) is 13.8 Å². The zero-order valence-corrected chi connectivity index (χ0v) is 20.8. The van der Waals surface area contributed by atoms with Crippen LogP contribution in [0.15, 0.2) is 66.9 Å². The number of nitrogens with two attached hydrogens (primary N) is 1. The van der Waals surface area contributed by atoms with E-state index in [1.54, 1.807) is 67.9 Å². The summed E-state index contributed by atoms with van der Waals surface area (Å²) in [5, 5.41) is 0.394. The summed E-state index contributed by atoms with van der Waals surface area (Å²) in [5.74, 6) is -2.52. The quantitative estimate of drug-likeness (QED) is 0.432. The van der Waals surface area contributed by atoms with Gasteiger partial charge in [0, 0.05) is 24.9 Å². The molecule has 0 bridgehead atoms. The van der Waals surface area contributed by atoms with Crippen LogP contribution in [0, 0.1) is 0 Å². The number of hydrogen-bond acceptors (Lipinski definition) is 5. The number of amides is 2. The van der Waals surface area contributed by atoms with Crippen molar-refractivity contribution in [2.45, 2.75) is 5.92 Å². The van der Waals surface area contributed by atoms with Crippen LogP contribution in [0.5, 0.6) is 5.75 Å². The number of likely N-dealkylation sites (N-methyl/N-ethyl adjacent to an activating group) is 1. The second-order valence-corrected chi connectivity index (χ2v) is 9.10. The monoisotopic (exact) mass is 526 g/mol. The van der Waals surface area contributed by atoms with Gasteiger partial charge in [0.15, 0.2) is 0 Å². The second-order valence-electron chi connectivity index (χ2n) is 8.70. The highest BCUT2D eigenvalue weighted by Crippen LogP contribution is 2.32. The van der Waals surface area contributed by atoms with Crippen LogP contribution in [0.4, 0.5) is 14.6 Å². The SMILES string of the molecule is CN(CCOc1ccc(-c2ccc(C(=O)N3CC(F)(F)C3)cc2)cc1Cl)C(=O)/C=C/c1ccc(N)nc1. The number of halogens is 3. The Morgan fingerprint density at radius 1 is 1.14 bits per heavy atom. The maximum Gasteiger partial charge on any atom is 0.282 e. The fraction of sp³-hybridized carbons (Fsp3) is 0.222. The Hall–Kier alpha value is -3.98. The number of carbonyl (C=O) groups is 2. The smallest absolute Gasteiger partial charge is 0.282 e. The van der Waals surface area contributed by atoms with E-state index in [1.165, 1.54) is 11.0 Å². The predicted octanol–water partition coefficient (Wildman–Crippen LogP) is 4.63. The molecule has 0 spiro atoms. The molecule has 0 unspecified atom stereocenters. The molecule has 1 saturated heterocycles. The first-order valence-electron chi connectivity index (χ1n) is 11.5. The molecule has 10 heteroatoms. The zero-order valence-electron chi connectivity index (χ0n) is 20.0. The molecule has 192 valence electrons. The predicted molar refractivity (Wildman–Crippen MR) is 139 cm³/mol. The van der Waals surface area contributed by atoms with Crippen molar-refractivity contribution in [2.75, 3.05) is 39.0 Å². The van der Waals surface area contributed by atoms with E-state index in [9.17, 15) is 18.4 Å². The molecule has 2 N–H and O–H groups in total. The first kappa shape index (κ1) is 26.1. The number of rotatable bonds is 8. The lowest BCUT2D eigenvalue weighted by Crippen LogP contribution is -2.58. The molecular formula is C27H25ClF2N4O3. The van der Waals surface area contributed by atoms with Crippen LogP contribution in [0.1, 0.15) is 15.9 Å². The van der Waals surface area contributed by atoms with E-state index in [1.807, 2.05) is 6.07 Å². The van der Waals surface area contributed by atoms with Crippen LogP contribution in [0.3, 0.4) is 0 Å². The fourth-order valence-electron chi connectivity index (χ4n) is 3.65. The Balaban J connectivity index is 1.28. The number of nitrogen functional groups attached to an aromatic ring is 1. The van der Waals surface area contributed by atoms with Gasteiger partial charge in [0.05, 0.1) is 24.7 Å². The van der Waals surface area contributed by atoms with Gasteiger partial charge in [-0.2, -0.15) is 0 Å². The summed E-state index contributed by atoms with van der Waals surface area (Å²) in [6.07, 6.45) is 4.69. The summed E-state index contributed by atoms with van der Waals surface area (Å²) in [4.78, 5) is 31.2. The van der Waals surface area contributed by atoms with Crippen molar-refractivity contribution < 1.29 is 23.1 Å². The minimum atomic E-state index is -2.80. The summed E-state index contributed by atoms with van der Waals surface area (Å²) in [6.45, 7) is -0.510. The lowest BCUT2D eigenvalue weighted by molar-refractivity contribution is -0.125. The molecule has 1 aromatic heterocycles. The number of hydrogen-bond donors (Lipinski definition) is 1. The van der Waals surface area contributed by atoms with Crippen LogP contribution in [0.25, 0.3) is 17.2 Å². The fourth-order valence-corrected chi connectivity index (χ4v) is 3.89. The average molecular weight is 527 g/mol. The lowest BCUT2D eigenvalue weighted by Gasteiger charge is -2.38. The third kappa shape index (κ3) is 6.62. The van der Waals surface area contributed by atoms with Gasteiger partial charge in [-0.05, 0) is 59.2 Å². The summed E-state index contributed by atoms with van der Waals surface area (Å²) < 4.78 is 31.8. The van der Waals surface area contributed by atoms with Crippen molar-refractivity contribution in [3.8, 4) is 16.9 Å². The van der Waals surface area contributed by atoms with Crippen molar-refractivity contribution >= 4 is 35.3 Å². The Kier molecular flexibility index (Phi) is 7.73. The van der Waals surface area contributed by atoms with Crippen molar-refractivity contribution in [2.24, 2.45) is 0 Å². The third-order valence-electron chi connectivity index (χ3n) is 5.82. The van der Waals surface area contributed by atoms with Crippen LogP contribution in [0.2, 0.25) is 5.02 Å². The van der Waals surface area contributed by atoms with Gasteiger partial charge in [0.25, 0.3) is 11.8 Å². The molecule has 2 aromatic carbocycles. The molecule has 0 aliphatic carbocycles. The number of benzene rings is 2. The number of pyridine rings is 1. The van der Waals surface area contributed by atoms with Crippen LogP contribution in [-0.4, -0.2) is 65.8 Å². The van der Waals surface area contributed by atoms with E-state index in [-0.39, 0.29) is 12.5 Å². The van der Waals surface area contributed by atoms with Gasteiger partial charge in [-0.1, -0.05) is 29.8 Å². The number of alkyl halides is 2. The van der Waals surface area contributed by atoms with Crippen molar-refractivity contribution in [1.29, 1.82) is 0 Å². The molecule has 0 atom stereocenters. The van der Waals surface area contributed by atoms with E-state index < -0.39 is 24.9 Å². The highest BCUT2D eigenvalue weighted by Gasteiger charge is 2.46. The lowest BCUT2D eigenvalue weighted by atomic mass is 10.0. The van der Waals surface area contributed by atoms with Gasteiger partial charge < -0.3 is 20.3 Å². The molecule has 4 rings (SSSR count). The normalized spacial score (nSPS) is 14.3. The van der Waals surface area contributed by atoms with Gasteiger partial charge in [-0.3, -0.25) is 9.59 Å². The summed E-state index contributed by atoms with van der Waals surface area (Å²) in [7, 11) is 1.67. The minimum absolute atomic E-state index is 0.188. The molecular weight excluding hydrogens is 502 g/mol. The van der Waals surface area contributed by atoms with Crippen molar-refractivity contribution in [3.63, 3.8) is 0 Å². The number of likely N-dealkylation sites (tertiary alicyclic amines) is 1. The third-order valence-corrected chi connectivity index (χ3v) is 6.11. The molecule has 0 radical (unpaired) electrons. The first-order valence-corrected chi connectivity index (χ1v) is 11.8. The molecule has 1 aliphatic heterocycles. The maximum absolute atomic E-state index is 13.0. The van der Waals surface area contributed by atoms with Crippen LogP contribution >= 0.6 is 11.6 Å². The Morgan fingerprint density at radius 2 is 1.84 bits per heavy atom. The van der Waals surface area contributed by atoms with E-state index >= 15 is 0 Å². The molecule has 3 aromatic rings. The van der Waals surface area contributed by atoms with Crippen molar-refractivity contribution in [3.05, 3.63) is 83.0 Å². The summed E-state index contributed by atoms with van der Waals surface area (Å²) in [6, 6.07) is 15.4. The Morgan fingerprint density at radius 3 is 2.46 bits per heavy atom. The summed E-state index contributed by atoms with van der Waals surface area (Å²) in [5.41, 5.74) is 8.29. The van der Waals surface area contributed by atoms with Crippen molar-refractivity contribution in [1.82, 2.24) is 14.8 Å². The van der Waals surface area contributed by atoms with Gasteiger partial charge in [0.2, 0.25) is 5.91 Å². The molecule has 2 heterocycles. The van der Waals surface area contributed by atoms with Gasteiger partial charge in [0.1, 0.15) is 18.2 Å². The number of carbonyl (C=O) groups excluding carboxylic acids is 2. The van der Waals surface area contributed by atoms with E-state index in [0.29, 0.717) is 28.7 Å². The topological polar surface area (TPSA) is 88.8 Å². The molecule has 0 saturated carbocycles. The maximum atomic E-state index is 13.0. The summed E-state index contributed by atoms with van der Waals surface area (Å²) >= 11 is 6.40. The molecule has 37 heavy (non-hydrogen) atoms. The molecule has 2 amide bonds. The standard InChI is InChI=1S/C27H25ClF2N4O3/c1-33(25(35)11-3-18-2-10-24(31)32-15-18)12-13-37-23-9-8-21(14-22(23)28)19-4-6-20(7-5-19)26(36)34-16-27(29,30)17-34/h2-11,14-15H,12-13,16-17H2,1H3,(H2,31,32)/b11-3+. The molecule has 7 nitrogen and oxygen atoms in total. The molecule has 1 fully saturated rings. The number of nitrogens with zero attached hydrogens (tertiary/aromatic N) is 3. The average Bonchev–Trinajstić information content (AvgIpc) is 2.87. The van der Waals surface area contributed by atoms with Crippen LogP contribution < -0.4 is 10.5 Å². The highest BCUT2D eigenvalue weighted by atomic mass is 35.5. The largest absolute Gasteiger partial charge is 0.490 e. The number of ether oxygens (including phenoxy) is 1. The van der Waals surface area contributed by atoms with Gasteiger partial charge >= 0.3 is 0 Å². The van der Waals surface area contributed by atoms with E-state index in [2.05, 4.69) is 4.98 Å². The first-order chi connectivity index (χ1) is 17.6. The van der Waals surface area contributed by atoms with E-state index in [0.717, 1.165) is 21.6 Å². The minimum Gasteiger partial charge on any atom is -0.490 e. The Bertz CT molecular complexity index is 1310. The number of anilines is 1. The van der Waals surface area contributed by atoms with Gasteiger partial charge in [-0.15, -0.1) is 0 Å². The zero-order chi connectivity index (χ0) is 26.6. The molecule has 1 aliphatic rings. The Labute approximate surface area is 218 Å².